The van der Waals surface area contributed by atoms with Gasteiger partial charge < -0.3 is 9.88 Å². The van der Waals surface area contributed by atoms with E-state index in [0.717, 1.165) is 40.7 Å². The SMILES string of the molecule is CCN(C(=O)CSc1nc2sc3c(c2c(=O)[nH]1)CCCC3)c1cccc(C)c1. The predicted octanol–water partition coefficient (Wildman–Crippen LogP) is 4.32. The zero-order valence-corrected chi connectivity index (χ0v) is 17.7. The van der Waals surface area contributed by atoms with Gasteiger partial charge in [-0.2, -0.15) is 0 Å². The molecule has 0 bridgehead atoms. The van der Waals surface area contributed by atoms with Crippen LogP contribution in [0.15, 0.2) is 34.2 Å². The molecule has 146 valence electrons. The molecule has 28 heavy (non-hydrogen) atoms. The summed E-state index contributed by atoms with van der Waals surface area (Å²) in [5, 5.41) is 1.27. The Hall–Kier alpha value is -2.12. The number of carbonyl (C=O) groups is 1. The van der Waals surface area contributed by atoms with Gasteiger partial charge in [-0.25, -0.2) is 4.98 Å². The number of hydrogen-bond acceptors (Lipinski definition) is 5. The van der Waals surface area contributed by atoms with E-state index in [4.69, 9.17) is 0 Å². The number of nitrogens with one attached hydrogen (secondary N) is 1. The van der Waals surface area contributed by atoms with E-state index in [0.29, 0.717) is 11.7 Å². The van der Waals surface area contributed by atoms with Gasteiger partial charge >= 0.3 is 0 Å². The van der Waals surface area contributed by atoms with Crippen molar-refractivity contribution in [3.05, 3.63) is 50.6 Å². The molecule has 7 heteroatoms. The van der Waals surface area contributed by atoms with E-state index in [2.05, 4.69) is 9.97 Å². The fourth-order valence-electron chi connectivity index (χ4n) is 3.72. The highest BCUT2D eigenvalue weighted by Gasteiger charge is 2.20. The molecule has 1 amide bonds. The van der Waals surface area contributed by atoms with Crippen LogP contribution >= 0.6 is 23.1 Å². The number of aromatic nitrogens is 2. The highest BCUT2D eigenvalue weighted by molar-refractivity contribution is 7.99. The molecule has 4 rings (SSSR count). The number of nitrogens with zero attached hydrogens (tertiary/aromatic N) is 2. The fourth-order valence-corrected chi connectivity index (χ4v) is 5.78. The quantitative estimate of drug-likeness (QED) is 0.500. The third-order valence-corrected chi connectivity index (χ3v) is 7.11. The standard InChI is InChI=1S/C21H23N3O2S2/c1-3-24(14-8-6-7-13(2)11-14)17(25)12-27-21-22-19(26)18-15-9-4-5-10-16(15)28-20(18)23-21/h6-8,11H,3-5,9-10,12H2,1-2H3,(H,22,23,26). The second kappa shape index (κ2) is 8.09. The molecule has 0 saturated carbocycles. The van der Waals surface area contributed by atoms with Crippen molar-refractivity contribution in [1.29, 1.82) is 0 Å². The van der Waals surface area contributed by atoms with E-state index in [1.54, 1.807) is 16.2 Å². The van der Waals surface area contributed by atoms with Crippen LogP contribution in [0.5, 0.6) is 0 Å². The largest absolute Gasteiger partial charge is 0.312 e. The Balaban J connectivity index is 1.53. The highest BCUT2D eigenvalue weighted by Crippen LogP contribution is 2.34. The van der Waals surface area contributed by atoms with Crippen molar-refractivity contribution in [2.75, 3.05) is 17.2 Å². The van der Waals surface area contributed by atoms with E-state index in [1.807, 2.05) is 38.1 Å². The monoisotopic (exact) mass is 413 g/mol. The van der Waals surface area contributed by atoms with Gasteiger partial charge in [0.2, 0.25) is 5.91 Å². The van der Waals surface area contributed by atoms with Gasteiger partial charge in [0.05, 0.1) is 11.1 Å². The molecule has 1 aliphatic carbocycles. The molecule has 2 heterocycles. The third kappa shape index (κ3) is 3.73. The molecule has 0 atom stereocenters. The van der Waals surface area contributed by atoms with Crippen LogP contribution in [0.25, 0.3) is 10.2 Å². The second-order valence-corrected chi connectivity index (χ2v) is 9.08. The van der Waals surface area contributed by atoms with E-state index < -0.39 is 0 Å². The lowest BCUT2D eigenvalue weighted by Gasteiger charge is -2.21. The number of hydrogen-bond donors (Lipinski definition) is 1. The van der Waals surface area contributed by atoms with E-state index in [9.17, 15) is 9.59 Å². The summed E-state index contributed by atoms with van der Waals surface area (Å²) in [4.78, 5) is 36.8. The number of aryl methyl sites for hydroxylation is 3. The summed E-state index contributed by atoms with van der Waals surface area (Å²) in [6.45, 7) is 4.58. The van der Waals surface area contributed by atoms with Crippen LogP contribution in [0.3, 0.4) is 0 Å². The number of rotatable bonds is 5. The summed E-state index contributed by atoms with van der Waals surface area (Å²) >= 11 is 2.93. The highest BCUT2D eigenvalue weighted by atomic mass is 32.2. The molecule has 5 nitrogen and oxygen atoms in total. The third-order valence-electron chi connectivity index (χ3n) is 5.07. The number of thioether (sulfide) groups is 1. The minimum absolute atomic E-state index is 0.00585. The van der Waals surface area contributed by atoms with Gasteiger partial charge in [-0.05, 0) is 62.8 Å². The number of anilines is 1. The molecule has 3 aromatic rings. The van der Waals surface area contributed by atoms with Crippen molar-refractivity contribution in [3.63, 3.8) is 0 Å². The van der Waals surface area contributed by atoms with Crippen molar-refractivity contribution in [2.45, 2.75) is 44.7 Å². The molecule has 1 N–H and O–H groups in total. The summed E-state index contributed by atoms with van der Waals surface area (Å²) in [6, 6.07) is 7.93. The first-order valence-electron chi connectivity index (χ1n) is 9.61. The molecule has 0 saturated heterocycles. The van der Waals surface area contributed by atoms with Crippen LogP contribution in [0.2, 0.25) is 0 Å². The van der Waals surface area contributed by atoms with Crippen LogP contribution in [0.1, 0.15) is 35.8 Å². The van der Waals surface area contributed by atoms with Gasteiger partial charge in [0.15, 0.2) is 5.16 Å². The van der Waals surface area contributed by atoms with Crippen molar-refractivity contribution >= 4 is 44.9 Å². The number of aromatic amines is 1. The molecular formula is C21H23N3O2S2. The molecule has 0 radical (unpaired) electrons. The summed E-state index contributed by atoms with van der Waals surface area (Å²) in [5.74, 6) is 0.243. The maximum atomic E-state index is 12.8. The molecule has 0 unspecified atom stereocenters. The Morgan fingerprint density at radius 1 is 1.32 bits per heavy atom. The minimum Gasteiger partial charge on any atom is -0.312 e. The lowest BCUT2D eigenvalue weighted by molar-refractivity contribution is -0.116. The van der Waals surface area contributed by atoms with Crippen LogP contribution in [0.4, 0.5) is 5.69 Å². The summed E-state index contributed by atoms with van der Waals surface area (Å²) in [5.41, 5.74) is 3.13. The number of benzene rings is 1. The maximum absolute atomic E-state index is 12.8. The zero-order chi connectivity index (χ0) is 19.7. The maximum Gasteiger partial charge on any atom is 0.260 e. The second-order valence-electron chi connectivity index (χ2n) is 7.03. The Morgan fingerprint density at radius 3 is 2.93 bits per heavy atom. The van der Waals surface area contributed by atoms with Crippen LogP contribution in [-0.4, -0.2) is 28.2 Å². The number of carbonyl (C=O) groups excluding carboxylic acids is 1. The zero-order valence-electron chi connectivity index (χ0n) is 16.1. The summed E-state index contributed by atoms with van der Waals surface area (Å²) in [6.07, 6.45) is 4.32. The average molecular weight is 414 g/mol. The van der Waals surface area contributed by atoms with Gasteiger partial charge in [-0.15, -0.1) is 11.3 Å². The Bertz CT molecular complexity index is 1090. The van der Waals surface area contributed by atoms with Gasteiger partial charge in [0.25, 0.3) is 5.56 Å². The van der Waals surface area contributed by atoms with Crippen molar-refractivity contribution in [2.24, 2.45) is 0 Å². The van der Waals surface area contributed by atoms with Crippen molar-refractivity contribution < 1.29 is 4.79 Å². The number of thiophene rings is 1. The van der Waals surface area contributed by atoms with Crippen LogP contribution in [-0.2, 0) is 17.6 Å². The van der Waals surface area contributed by atoms with Gasteiger partial charge in [0, 0.05) is 17.1 Å². The number of fused-ring (bicyclic) bond motifs is 3. The summed E-state index contributed by atoms with van der Waals surface area (Å²) in [7, 11) is 0. The van der Waals surface area contributed by atoms with Crippen LogP contribution in [0, 0.1) is 6.92 Å². The van der Waals surface area contributed by atoms with Crippen molar-refractivity contribution in [1.82, 2.24) is 9.97 Å². The Morgan fingerprint density at radius 2 is 2.14 bits per heavy atom. The predicted molar refractivity (Wildman–Crippen MR) is 117 cm³/mol. The Labute approximate surface area is 172 Å². The number of amides is 1. The molecule has 0 spiro atoms. The van der Waals surface area contributed by atoms with Gasteiger partial charge in [-0.1, -0.05) is 23.9 Å². The van der Waals surface area contributed by atoms with E-state index in [1.165, 1.54) is 28.6 Å². The lowest BCUT2D eigenvalue weighted by atomic mass is 9.97. The first-order valence-corrected chi connectivity index (χ1v) is 11.4. The van der Waals surface area contributed by atoms with Crippen LogP contribution < -0.4 is 10.5 Å². The smallest absolute Gasteiger partial charge is 0.260 e. The Kier molecular flexibility index (Phi) is 5.55. The van der Waals surface area contributed by atoms with Crippen molar-refractivity contribution in [3.8, 4) is 0 Å². The van der Waals surface area contributed by atoms with Gasteiger partial charge in [-0.3, -0.25) is 9.59 Å². The topological polar surface area (TPSA) is 66.1 Å². The first kappa shape index (κ1) is 19.2. The minimum atomic E-state index is -0.0784. The molecule has 1 aromatic carbocycles. The molecule has 2 aromatic heterocycles. The molecule has 0 fully saturated rings. The molecule has 0 aliphatic heterocycles. The normalized spacial score (nSPS) is 13.5. The van der Waals surface area contributed by atoms with Gasteiger partial charge in [0.1, 0.15) is 4.83 Å². The summed E-state index contributed by atoms with van der Waals surface area (Å²) < 4.78 is 0. The number of H-pyrrole nitrogens is 1. The molecular weight excluding hydrogens is 390 g/mol. The molecule has 1 aliphatic rings. The van der Waals surface area contributed by atoms with E-state index >= 15 is 0 Å². The fraction of sp³-hybridized carbons (Fsp3) is 0.381. The lowest BCUT2D eigenvalue weighted by Crippen LogP contribution is -2.32. The average Bonchev–Trinajstić information content (AvgIpc) is 3.06. The first-order chi connectivity index (χ1) is 13.6. The van der Waals surface area contributed by atoms with E-state index in [-0.39, 0.29) is 17.2 Å².